The summed E-state index contributed by atoms with van der Waals surface area (Å²) in [6, 6.07) is -0.0113. The molecule has 88 valence electrons. The number of urea groups is 1. The molecule has 0 aliphatic heterocycles. The number of unbranched alkanes of at least 4 members (excludes halogenated alkanes) is 1. The van der Waals surface area contributed by atoms with Crippen molar-refractivity contribution in [2.24, 2.45) is 5.73 Å². The number of amidine groups is 1. The number of carbonyl (C=O) groups is 1. The standard InChI is InChI=1S/C10H22N4O/c1-3-14(4-2)10(15)13-8-6-5-7-9(11)12/h3-8H2,1-2H3,(H3,11,12)(H,13,15). The molecule has 0 saturated carbocycles. The third kappa shape index (κ3) is 6.76. The maximum atomic E-state index is 11.5. The van der Waals surface area contributed by atoms with Gasteiger partial charge in [-0.2, -0.15) is 0 Å². The van der Waals surface area contributed by atoms with Gasteiger partial charge in [-0.15, -0.1) is 0 Å². The molecule has 0 fully saturated rings. The van der Waals surface area contributed by atoms with Gasteiger partial charge in [-0.1, -0.05) is 0 Å². The fraction of sp³-hybridized carbons (Fsp3) is 0.800. The van der Waals surface area contributed by atoms with Gasteiger partial charge in [-0.25, -0.2) is 4.79 Å². The summed E-state index contributed by atoms with van der Waals surface area (Å²) in [5, 5.41) is 9.86. The van der Waals surface area contributed by atoms with Crippen molar-refractivity contribution in [1.29, 1.82) is 5.41 Å². The Hall–Kier alpha value is -1.26. The van der Waals surface area contributed by atoms with E-state index in [2.05, 4.69) is 5.32 Å². The lowest BCUT2D eigenvalue weighted by molar-refractivity contribution is 0.203. The molecule has 0 bridgehead atoms. The van der Waals surface area contributed by atoms with Gasteiger partial charge < -0.3 is 16.0 Å². The molecule has 0 aromatic heterocycles. The van der Waals surface area contributed by atoms with E-state index in [-0.39, 0.29) is 11.9 Å². The molecule has 0 aromatic rings. The molecule has 0 rings (SSSR count). The van der Waals surface area contributed by atoms with Crippen molar-refractivity contribution < 1.29 is 4.79 Å². The smallest absolute Gasteiger partial charge is 0.317 e. The molecule has 0 heterocycles. The summed E-state index contributed by atoms with van der Waals surface area (Å²) in [5.74, 6) is 0.213. The third-order valence-electron chi connectivity index (χ3n) is 2.20. The predicted octanol–water partition coefficient (Wildman–Crippen LogP) is 1.14. The van der Waals surface area contributed by atoms with E-state index in [9.17, 15) is 4.79 Å². The first kappa shape index (κ1) is 13.7. The molecule has 0 aliphatic rings. The van der Waals surface area contributed by atoms with E-state index < -0.39 is 0 Å². The lowest BCUT2D eigenvalue weighted by atomic mass is 10.2. The summed E-state index contributed by atoms with van der Waals surface area (Å²) in [6.07, 6.45) is 2.33. The Morgan fingerprint density at radius 3 is 2.40 bits per heavy atom. The van der Waals surface area contributed by atoms with E-state index in [0.29, 0.717) is 13.0 Å². The van der Waals surface area contributed by atoms with Crippen LogP contribution >= 0.6 is 0 Å². The van der Waals surface area contributed by atoms with Crippen LogP contribution in [0.5, 0.6) is 0 Å². The van der Waals surface area contributed by atoms with Crippen LogP contribution in [-0.4, -0.2) is 36.4 Å². The highest BCUT2D eigenvalue weighted by Crippen LogP contribution is 1.94. The van der Waals surface area contributed by atoms with Gasteiger partial charge in [0, 0.05) is 26.1 Å². The third-order valence-corrected chi connectivity index (χ3v) is 2.20. The van der Waals surface area contributed by atoms with Gasteiger partial charge in [0.2, 0.25) is 0 Å². The summed E-state index contributed by atoms with van der Waals surface area (Å²) < 4.78 is 0. The zero-order valence-electron chi connectivity index (χ0n) is 9.68. The van der Waals surface area contributed by atoms with Crippen LogP contribution in [0, 0.1) is 5.41 Å². The van der Waals surface area contributed by atoms with Crippen molar-refractivity contribution in [2.45, 2.75) is 33.1 Å². The van der Waals surface area contributed by atoms with Crippen molar-refractivity contribution in [3.8, 4) is 0 Å². The van der Waals surface area contributed by atoms with Crippen molar-refractivity contribution in [3.05, 3.63) is 0 Å². The number of hydrogen-bond donors (Lipinski definition) is 3. The Balaban J connectivity index is 3.50. The zero-order valence-corrected chi connectivity index (χ0v) is 9.68. The van der Waals surface area contributed by atoms with E-state index in [1.807, 2.05) is 13.8 Å². The Labute approximate surface area is 91.5 Å². The topological polar surface area (TPSA) is 82.2 Å². The average Bonchev–Trinajstić information content (AvgIpc) is 2.18. The van der Waals surface area contributed by atoms with Crippen molar-refractivity contribution in [3.63, 3.8) is 0 Å². The second kappa shape index (κ2) is 8.08. The lowest BCUT2D eigenvalue weighted by Crippen LogP contribution is -2.40. The quantitative estimate of drug-likeness (QED) is 0.337. The number of carbonyl (C=O) groups excluding carboxylic acids is 1. The van der Waals surface area contributed by atoms with Crippen LogP contribution in [-0.2, 0) is 0 Å². The molecule has 0 atom stereocenters. The molecule has 15 heavy (non-hydrogen) atoms. The Bertz CT molecular complexity index is 202. The molecule has 4 N–H and O–H groups in total. The molecule has 0 spiro atoms. The minimum atomic E-state index is -0.0113. The van der Waals surface area contributed by atoms with E-state index in [1.54, 1.807) is 4.90 Å². The molecular formula is C10H22N4O. The van der Waals surface area contributed by atoms with E-state index in [0.717, 1.165) is 25.9 Å². The summed E-state index contributed by atoms with van der Waals surface area (Å²) in [6.45, 7) is 6.03. The maximum Gasteiger partial charge on any atom is 0.317 e. The second-order valence-corrected chi connectivity index (χ2v) is 3.39. The summed E-state index contributed by atoms with van der Waals surface area (Å²) >= 11 is 0. The summed E-state index contributed by atoms with van der Waals surface area (Å²) in [4.78, 5) is 13.2. The Morgan fingerprint density at radius 2 is 1.93 bits per heavy atom. The zero-order chi connectivity index (χ0) is 11.7. The number of amides is 2. The molecule has 0 radical (unpaired) electrons. The fourth-order valence-electron chi connectivity index (χ4n) is 1.26. The Kier molecular flexibility index (Phi) is 7.40. The minimum Gasteiger partial charge on any atom is -0.388 e. The monoisotopic (exact) mass is 214 g/mol. The van der Waals surface area contributed by atoms with Gasteiger partial charge in [-0.05, 0) is 26.7 Å². The summed E-state index contributed by atoms with van der Waals surface area (Å²) in [7, 11) is 0. The first-order valence-corrected chi connectivity index (χ1v) is 5.47. The van der Waals surface area contributed by atoms with Crippen LogP contribution < -0.4 is 11.1 Å². The highest BCUT2D eigenvalue weighted by Gasteiger charge is 2.06. The molecule has 0 unspecified atom stereocenters. The van der Waals surface area contributed by atoms with Gasteiger partial charge in [0.05, 0.1) is 5.84 Å². The highest BCUT2D eigenvalue weighted by atomic mass is 16.2. The molecule has 0 aliphatic carbocycles. The van der Waals surface area contributed by atoms with Crippen molar-refractivity contribution in [1.82, 2.24) is 10.2 Å². The largest absolute Gasteiger partial charge is 0.388 e. The van der Waals surface area contributed by atoms with Crippen LogP contribution in [0.15, 0.2) is 0 Å². The number of hydrogen-bond acceptors (Lipinski definition) is 2. The lowest BCUT2D eigenvalue weighted by Gasteiger charge is -2.19. The molecule has 5 nitrogen and oxygen atoms in total. The first-order chi connectivity index (χ1) is 7.11. The highest BCUT2D eigenvalue weighted by molar-refractivity contribution is 5.76. The summed E-state index contributed by atoms with van der Waals surface area (Å²) in [5.41, 5.74) is 5.21. The van der Waals surface area contributed by atoms with Crippen LogP contribution in [0.4, 0.5) is 4.79 Å². The van der Waals surface area contributed by atoms with E-state index in [1.165, 1.54) is 0 Å². The van der Waals surface area contributed by atoms with Gasteiger partial charge in [0.25, 0.3) is 0 Å². The predicted molar refractivity (Wildman–Crippen MR) is 62.1 cm³/mol. The van der Waals surface area contributed by atoms with Gasteiger partial charge >= 0.3 is 6.03 Å². The molecule has 5 heteroatoms. The minimum absolute atomic E-state index is 0.0113. The maximum absolute atomic E-state index is 11.5. The molecule has 2 amide bonds. The molecule has 0 aromatic carbocycles. The fourth-order valence-corrected chi connectivity index (χ4v) is 1.26. The van der Waals surface area contributed by atoms with Crippen molar-refractivity contribution >= 4 is 11.9 Å². The van der Waals surface area contributed by atoms with Gasteiger partial charge in [0.15, 0.2) is 0 Å². The van der Waals surface area contributed by atoms with Crippen molar-refractivity contribution in [2.75, 3.05) is 19.6 Å². The van der Waals surface area contributed by atoms with Crippen LogP contribution in [0.1, 0.15) is 33.1 Å². The van der Waals surface area contributed by atoms with Gasteiger partial charge in [0.1, 0.15) is 0 Å². The number of nitrogens with zero attached hydrogens (tertiary/aromatic N) is 1. The van der Waals surface area contributed by atoms with E-state index >= 15 is 0 Å². The number of nitrogens with one attached hydrogen (secondary N) is 2. The number of rotatable bonds is 7. The first-order valence-electron chi connectivity index (χ1n) is 5.47. The normalized spacial score (nSPS) is 9.73. The molecular weight excluding hydrogens is 192 g/mol. The van der Waals surface area contributed by atoms with E-state index in [4.69, 9.17) is 11.1 Å². The second-order valence-electron chi connectivity index (χ2n) is 3.39. The Morgan fingerprint density at radius 1 is 1.33 bits per heavy atom. The number of nitrogens with two attached hydrogens (primary N) is 1. The van der Waals surface area contributed by atoms with Crippen LogP contribution in [0.3, 0.4) is 0 Å². The molecule has 0 saturated heterocycles. The van der Waals surface area contributed by atoms with Crippen LogP contribution in [0.25, 0.3) is 0 Å². The average molecular weight is 214 g/mol. The van der Waals surface area contributed by atoms with Crippen LogP contribution in [0.2, 0.25) is 0 Å². The SMILES string of the molecule is CCN(CC)C(=O)NCCCCC(=N)N. The van der Waals surface area contributed by atoms with Gasteiger partial charge in [-0.3, -0.25) is 5.41 Å².